The molecule has 0 spiro atoms. The molecule has 5 rings (SSSR count). The Morgan fingerprint density at radius 2 is 1.52 bits per heavy atom. The molecule has 1 aliphatic heterocycles. The van der Waals surface area contributed by atoms with Gasteiger partial charge in [-0.2, -0.15) is 0 Å². The number of amides is 1. The van der Waals surface area contributed by atoms with Gasteiger partial charge in [-0.15, -0.1) is 0 Å². The van der Waals surface area contributed by atoms with Crippen LogP contribution < -0.4 is 4.90 Å². The highest BCUT2D eigenvalue weighted by molar-refractivity contribution is 5.97. The van der Waals surface area contributed by atoms with E-state index in [9.17, 15) is 14.7 Å². The van der Waals surface area contributed by atoms with Crippen molar-refractivity contribution in [3.05, 3.63) is 89.5 Å². The van der Waals surface area contributed by atoms with E-state index in [4.69, 9.17) is 4.74 Å². The summed E-state index contributed by atoms with van der Waals surface area (Å²) in [7, 11) is 0. The van der Waals surface area contributed by atoms with Gasteiger partial charge in [0.25, 0.3) is 0 Å². The number of rotatable bonds is 3. The number of hydrogen-bond donors (Lipinski definition) is 1. The van der Waals surface area contributed by atoms with E-state index in [1.807, 2.05) is 49.4 Å². The molecule has 3 aromatic carbocycles. The summed E-state index contributed by atoms with van der Waals surface area (Å²) in [4.78, 5) is 26.6. The zero-order valence-electron chi connectivity index (χ0n) is 17.2. The summed E-state index contributed by atoms with van der Waals surface area (Å²) in [6, 6.07) is 22.8. The first-order valence-electron chi connectivity index (χ1n) is 10.5. The lowest BCUT2D eigenvalue weighted by Gasteiger charge is -2.38. The van der Waals surface area contributed by atoms with Gasteiger partial charge >= 0.3 is 12.1 Å². The maximum Gasteiger partial charge on any atom is 0.415 e. The van der Waals surface area contributed by atoms with Crippen LogP contribution in [0.2, 0.25) is 0 Å². The third-order valence-corrected chi connectivity index (χ3v) is 6.40. The smallest absolute Gasteiger partial charge is 0.415 e. The second kappa shape index (κ2) is 7.58. The minimum absolute atomic E-state index is 0.0721. The number of hydrogen-bond acceptors (Lipinski definition) is 3. The topological polar surface area (TPSA) is 66.8 Å². The van der Waals surface area contributed by atoms with E-state index in [1.54, 1.807) is 6.07 Å². The molecule has 156 valence electrons. The second-order valence-corrected chi connectivity index (χ2v) is 8.27. The van der Waals surface area contributed by atoms with Gasteiger partial charge in [-0.1, -0.05) is 73.7 Å². The number of para-hydroxylation sites is 1. The molecule has 0 fully saturated rings. The van der Waals surface area contributed by atoms with Crippen LogP contribution in [0.15, 0.2) is 72.8 Å². The number of fused-ring (bicyclic) bond motifs is 4. The average molecular weight is 413 g/mol. The molecule has 5 heteroatoms. The van der Waals surface area contributed by atoms with Gasteiger partial charge in [-0.25, -0.2) is 9.59 Å². The molecule has 2 aliphatic rings. The average Bonchev–Trinajstić information content (AvgIpc) is 3.10. The van der Waals surface area contributed by atoms with Gasteiger partial charge in [-0.05, 0) is 46.2 Å². The van der Waals surface area contributed by atoms with Crippen LogP contribution in [0, 0.1) is 5.92 Å². The number of carboxylic acids is 1. The molecule has 2 atom stereocenters. The van der Waals surface area contributed by atoms with Crippen molar-refractivity contribution in [1.82, 2.24) is 0 Å². The number of ether oxygens (including phenoxy) is 1. The summed E-state index contributed by atoms with van der Waals surface area (Å²) in [5.74, 6) is -1.31. The predicted octanol–water partition coefficient (Wildman–Crippen LogP) is 5.09. The molecular weight excluding hydrogens is 390 g/mol. The van der Waals surface area contributed by atoms with Crippen molar-refractivity contribution >= 4 is 17.7 Å². The summed E-state index contributed by atoms with van der Waals surface area (Å²) in [5.41, 5.74) is 6.13. The van der Waals surface area contributed by atoms with Crippen molar-refractivity contribution in [2.45, 2.75) is 25.3 Å². The summed E-state index contributed by atoms with van der Waals surface area (Å²) >= 11 is 0. The highest BCUT2D eigenvalue weighted by atomic mass is 16.6. The van der Waals surface area contributed by atoms with Gasteiger partial charge < -0.3 is 9.84 Å². The molecule has 1 N–H and O–H groups in total. The number of carbonyl (C=O) groups is 2. The second-order valence-electron chi connectivity index (χ2n) is 8.27. The van der Waals surface area contributed by atoms with Gasteiger partial charge in [0.1, 0.15) is 12.6 Å². The van der Waals surface area contributed by atoms with Crippen molar-refractivity contribution in [1.29, 1.82) is 0 Å². The summed E-state index contributed by atoms with van der Waals surface area (Å²) in [5, 5.41) is 9.84. The maximum absolute atomic E-state index is 13.2. The third kappa shape index (κ3) is 3.17. The first-order valence-corrected chi connectivity index (χ1v) is 10.5. The standard InChI is InChI=1S/C26H23NO4/c1-16-14-17-8-2-7-13-23(17)27(24(16)25(28)29)26(30)31-15-22-20-11-5-3-9-18(20)19-10-4-6-12-21(19)22/h2-13,16,22,24H,14-15H2,1H3,(H,28,29)/t16-,24+/m1/s1. The lowest BCUT2D eigenvalue weighted by atomic mass is 9.87. The third-order valence-electron chi connectivity index (χ3n) is 6.40. The van der Waals surface area contributed by atoms with Crippen LogP contribution >= 0.6 is 0 Å². The summed E-state index contributed by atoms with van der Waals surface area (Å²) in [6.07, 6.45) is -0.00595. The van der Waals surface area contributed by atoms with Crippen LogP contribution in [-0.4, -0.2) is 29.8 Å². The first-order chi connectivity index (χ1) is 15.1. The number of nitrogens with zero attached hydrogens (tertiary/aromatic N) is 1. The van der Waals surface area contributed by atoms with Crippen molar-refractivity contribution in [3.63, 3.8) is 0 Å². The molecule has 5 nitrogen and oxygen atoms in total. The van der Waals surface area contributed by atoms with E-state index in [-0.39, 0.29) is 18.4 Å². The number of anilines is 1. The van der Waals surface area contributed by atoms with Crippen LogP contribution in [-0.2, 0) is 16.0 Å². The molecule has 0 saturated heterocycles. The number of aliphatic carboxylic acids is 1. The minimum Gasteiger partial charge on any atom is -0.480 e. The van der Waals surface area contributed by atoms with Crippen LogP contribution in [0.25, 0.3) is 11.1 Å². The Morgan fingerprint density at radius 3 is 2.16 bits per heavy atom. The fourth-order valence-electron chi connectivity index (χ4n) is 5.01. The Labute approximate surface area is 180 Å². The highest BCUT2D eigenvalue weighted by Crippen LogP contribution is 2.44. The van der Waals surface area contributed by atoms with E-state index in [0.29, 0.717) is 12.1 Å². The largest absolute Gasteiger partial charge is 0.480 e. The molecule has 1 heterocycles. The van der Waals surface area contributed by atoms with Gasteiger partial charge in [0.05, 0.1) is 5.69 Å². The lowest BCUT2D eigenvalue weighted by molar-refractivity contribution is -0.139. The fourth-order valence-corrected chi connectivity index (χ4v) is 5.01. The van der Waals surface area contributed by atoms with E-state index < -0.39 is 18.1 Å². The van der Waals surface area contributed by atoms with Crippen LogP contribution in [0.1, 0.15) is 29.5 Å². The van der Waals surface area contributed by atoms with E-state index in [0.717, 1.165) is 27.8 Å². The van der Waals surface area contributed by atoms with Crippen LogP contribution in [0.4, 0.5) is 10.5 Å². The molecule has 31 heavy (non-hydrogen) atoms. The Hall–Kier alpha value is -3.60. The summed E-state index contributed by atoms with van der Waals surface area (Å²) < 4.78 is 5.79. The Kier molecular flexibility index (Phi) is 4.74. The quantitative estimate of drug-likeness (QED) is 0.650. The zero-order valence-corrected chi connectivity index (χ0v) is 17.2. The molecule has 0 saturated carbocycles. The molecule has 1 amide bonds. The van der Waals surface area contributed by atoms with E-state index >= 15 is 0 Å². The van der Waals surface area contributed by atoms with Crippen molar-refractivity contribution < 1.29 is 19.4 Å². The molecule has 3 aromatic rings. The lowest BCUT2D eigenvalue weighted by Crippen LogP contribution is -2.52. The van der Waals surface area contributed by atoms with Gasteiger partial charge in [0.2, 0.25) is 0 Å². The number of carbonyl (C=O) groups excluding carboxylic acids is 1. The normalized spacial score (nSPS) is 19.3. The molecule has 1 aliphatic carbocycles. The maximum atomic E-state index is 13.2. The van der Waals surface area contributed by atoms with E-state index in [1.165, 1.54) is 4.90 Å². The van der Waals surface area contributed by atoms with E-state index in [2.05, 4.69) is 24.3 Å². The number of benzene rings is 3. The summed E-state index contributed by atoms with van der Waals surface area (Å²) in [6.45, 7) is 2.02. The molecule has 0 aromatic heterocycles. The molecule has 0 radical (unpaired) electrons. The number of carboxylic acid groups (broad SMARTS) is 1. The van der Waals surface area contributed by atoms with Gasteiger partial charge in [0, 0.05) is 5.92 Å². The highest BCUT2D eigenvalue weighted by Gasteiger charge is 2.41. The van der Waals surface area contributed by atoms with Crippen molar-refractivity contribution in [3.8, 4) is 11.1 Å². The van der Waals surface area contributed by atoms with Gasteiger partial charge in [0.15, 0.2) is 0 Å². The van der Waals surface area contributed by atoms with Crippen LogP contribution in [0.3, 0.4) is 0 Å². The predicted molar refractivity (Wildman–Crippen MR) is 118 cm³/mol. The van der Waals surface area contributed by atoms with Crippen molar-refractivity contribution in [2.75, 3.05) is 11.5 Å². The fraction of sp³-hybridized carbons (Fsp3) is 0.231. The Morgan fingerprint density at radius 1 is 0.935 bits per heavy atom. The Balaban J connectivity index is 1.45. The Bertz CT molecular complexity index is 1130. The minimum atomic E-state index is -1.02. The monoisotopic (exact) mass is 413 g/mol. The SMILES string of the molecule is C[C@@H]1Cc2ccccc2N(C(=O)OCC2c3ccccc3-c3ccccc32)[C@@H]1C(=O)O. The van der Waals surface area contributed by atoms with Crippen molar-refractivity contribution in [2.24, 2.45) is 5.92 Å². The molecule has 0 bridgehead atoms. The molecular formula is C26H23NO4. The van der Waals surface area contributed by atoms with Gasteiger partial charge in [-0.3, -0.25) is 4.90 Å². The van der Waals surface area contributed by atoms with Crippen LogP contribution in [0.5, 0.6) is 0 Å². The molecule has 0 unspecified atom stereocenters. The zero-order chi connectivity index (χ0) is 21.5. The first kappa shape index (κ1) is 19.4.